The summed E-state index contributed by atoms with van der Waals surface area (Å²) in [5, 5.41) is 13.6. The fraction of sp³-hybridized carbons (Fsp3) is 0.700. The molecule has 0 aliphatic heterocycles. The number of hydrogen-bond donors (Lipinski definition) is 2. The van der Waals surface area contributed by atoms with E-state index in [4.69, 9.17) is 0 Å². The zero-order valence-electron chi connectivity index (χ0n) is 10.1. The molecule has 1 rings (SSSR count). The molecule has 6 heteroatoms. The van der Waals surface area contributed by atoms with E-state index in [1.54, 1.807) is 11.7 Å². The third kappa shape index (κ3) is 3.30. The predicted octanol–water partition coefficient (Wildman–Crippen LogP) is -0.147. The number of rotatable bonds is 6. The predicted molar refractivity (Wildman–Crippen MR) is 61.2 cm³/mol. The third-order valence-corrected chi connectivity index (χ3v) is 2.34. The van der Waals surface area contributed by atoms with Gasteiger partial charge in [0.25, 0.3) is 5.91 Å². The van der Waals surface area contributed by atoms with Gasteiger partial charge in [-0.3, -0.25) is 9.48 Å². The first-order valence-corrected chi connectivity index (χ1v) is 5.52. The van der Waals surface area contributed by atoms with Gasteiger partial charge in [0.15, 0.2) is 5.69 Å². The molecule has 6 nitrogen and oxygen atoms in total. The van der Waals surface area contributed by atoms with E-state index in [1.807, 2.05) is 6.92 Å². The van der Waals surface area contributed by atoms with E-state index < -0.39 is 0 Å². The van der Waals surface area contributed by atoms with Gasteiger partial charge < -0.3 is 10.6 Å². The third-order valence-electron chi connectivity index (χ3n) is 2.34. The molecule has 0 atom stereocenters. The van der Waals surface area contributed by atoms with Gasteiger partial charge in [-0.15, -0.1) is 5.10 Å². The molecule has 0 fully saturated rings. The van der Waals surface area contributed by atoms with Crippen molar-refractivity contribution in [1.82, 2.24) is 25.6 Å². The van der Waals surface area contributed by atoms with Crippen LogP contribution in [0.4, 0.5) is 0 Å². The molecule has 1 heterocycles. The summed E-state index contributed by atoms with van der Waals surface area (Å²) in [6, 6.07) is 0. The van der Waals surface area contributed by atoms with E-state index in [-0.39, 0.29) is 5.91 Å². The maximum absolute atomic E-state index is 11.7. The second kappa shape index (κ2) is 6.22. The maximum atomic E-state index is 11.7. The van der Waals surface area contributed by atoms with Gasteiger partial charge in [-0.1, -0.05) is 12.1 Å². The van der Waals surface area contributed by atoms with Gasteiger partial charge in [-0.05, 0) is 19.9 Å². The summed E-state index contributed by atoms with van der Waals surface area (Å²) in [5.74, 6) is -0.163. The zero-order valence-corrected chi connectivity index (χ0v) is 10.1. The number of aromatic nitrogens is 3. The van der Waals surface area contributed by atoms with Gasteiger partial charge in [0.05, 0.1) is 5.69 Å². The Morgan fingerprint density at radius 2 is 2.12 bits per heavy atom. The van der Waals surface area contributed by atoms with E-state index >= 15 is 0 Å². The van der Waals surface area contributed by atoms with Crippen molar-refractivity contribution in [2.75, 3.05) is 19.6 Å². The van der Waals surface area contributed by atoms with Crippen LogP contribution >= 0.6 is 0 Å². The van der Waals surface area contributed by atoms with Crippen LogP contribution in [0.15, 0.2) is 0 Å². The Balaban J connectivity index is 2.33. The van der Waals surface area contributed by atoms with Crippen molar-refractivity contribution >= 4 is 5.91 Å². The second-order valence-electron chi connectivity index (χ2n) is 3.65. The molecule has 1 aromatic rings. The summed E-state index contributed by atoms with van der Waals surface area (Å²) in [6.45, 7) is 6.28. The standard InChI is InChI=1S/C10H19N5O/c1-4-5-11-6-7-12-10(16)9-8(2)15(3)14-13-9/h11H,4-7H2,1-3H3,(H,12,16). The van der Waals surface area contributed by atoms with Crippen molar-refractivity contribution in [3.63, 3.8) is 0 Å². The highest BCUT2D eigenvalue weighted by atomic mass is 16.2. The molecular formula is C10H19N5O. The lowest BCUT2D eigenvalue weighted by atomic mass is 10.3. The van der Waals surface area contributed by atoms with Crippen LogP contribution in [0.3, 0.4) is 0 Å². The number of aryl methyl sites for hydroxylation is 1. The van der Waals surface area contributed by atoms with E-state index in [1.165, 1.54) is 0 Å². The van der Waals surface area contributed by atoms with Gasteiger partial charge >= 0.3 is 0 Å². The van der Waals surface area contributed by atoms with E-state index in [0.29, 0.717) is 12.2 Å². The number of carbonyl (C=O) groups is 1. The minimum atomic E-state index is -0.163. The van der Waals surface area contributed by atoms with Crippen molar-refractivity contribution < 1.29 is 4.79 Å². The first-order valence-electron chi connectivity index (χ1n) is 5.52. The van der Waals surface area contributed by atoms with Gasteiger partial charge in [-0.2, -0.15) is 0 Å². The molecular weight excluding hydrogens is 206 g/mol. The number of nitrogens with one attached hydrogen (secondary N) is 2. The first kappa shape index (κ1) is 12.6. The van der Waals surface area contributed by atoms with Gasteiger partial charge in [0.1, 0.15) is 0 Å². The van der Waals surface area contributed by atoms with Crippen molar-refractivity contribution in [2.45, 2.75) is 20.3 Å². The molecule has 0 aliphatic rings. The summed E-state index contributed by atoms with van der Waals surface area (Å²) in [6.07, 6.45) is 1.09. The Bertz CT molecular complexity index is 347. The number of carbonyl (C=O) groups excluding carboxylic acids is 1. The van der Waals surface area contributed by atoms with Crippen LogP contribution < -0.4 is 10.6 Å². The molecule has 0 aromatic carbocycles. The lowest BCUT2D eigenvalue weighted by Gasteiger charge is -2.04. The Morgan fingerprint density at radius 1 is 1.38 bits per heavy atom. The van der Waals surface area contributed by atoms with Crippen LogP contribution in [0.5, 0.6) is 0 Å². The van der Waals surface area contributed by atoms with E-state index in [9.17, 15) is 4.79 Å². The van der Waals surface area contributed by atoms with Gasteiger partial charge in [0.2, 0.25) is 0 Å². The lowest BCUT2D eigenvalue weighted by Crippen LogP contribution is -2.32. The largest absolute Gasteiger partial charge is 0.349 e. The molecule has 0 bridgehead atoms. The molecule has 0 aliphatic carbocycles. The maximum Gasteiger partial charge on any atom is 0.273 e. The molecule has 0 saturated heterocycles. The average Bonchev–Trinajstić information content (AvgIpc) is 2.59. The fourth-order valence-corrected chi connectivity index (χ4v) is 1.26. The molecule has 90 valence electrons. The number of amides is 1. The summed E-state index contributed by atoms with van der Waals surface area (Å²) < 4.78 is 1.59. The summed E-state index contributed by atoms with van der Waals surface area (Å²) in [5.41, 5.74) is 1.18. The van der Waals surface area contributed by atoms with Crippen LogP contribution in [0.1, 0.15) is 29.5 Å². The minimum absolute atomic E-state index is 0.163. The fourth-order valence-electron chi connectivity index (χ4n) is 1.26. The Kier molecular flexibility index (Phi) is 4.91. The molecule has 2 N–H and O–H groups in total. The van der Waals surface area contributed by atoms with Crippen molar-refractivity contribution in [1.29, 1.82) is 0 Å². The van der Waals surface area contributed by atoms with Crippen molar-refractivity contribution in [3.05, 3.63) is 11.4 Å². The van der Waals surface area contributed by atoms with Crippen molar-refractivity contribution in [2.24, 2.45) is 7.05 Å². The molecule has 0 saturated carbocycles. The summed E-state index contributed by atoms with van der Waals surface area (Å²) >= 11 is 0. The lowest BCUT2D eigenvalue weighted by molar-refractivity contribution is 0.0948. The molecule has 1 aromatic heterocycles. The highest BCUT2D eigenvalue weighted by Crippen LogP contribution is 2.00. The SMILES string of the molecule is CCCNCCNC(=O)c1nnn(C)c1C. The summed E-state index contributed by atoms with van der Waals surface area (Å²) in [4.78, 5) is 11.7. The van der Waals surface area contributed by atoms with Crippen LogP contribution in [-0.2, 0) is 7.05 Å². The zero-order chi connectivity index (χ0) is 12.0. The number of hydrogen-bond acceptors (Lipinski definition) is 4. The Morgan fingerprint density at radius 3 is 2.69 bits per heavy atom. The Hall–Kier alpha value is -1.43. The highest BCUT2D eigenvalue weighted by Gasteiger charge is 2.13. The molecule has 0 unspecified atom stereocenters. The molecule has 16 heavy (non-hydrogen) atoms. The summed E-state index contributed by atoms with van der Waals surface area (Å²) in [7, 11) is 1.77. The smallest absolute Gasteiger partial charge is 0.273 e. The first-order chi connectivity index (χ1) is 7.66. The van der Waals surface area contributed by atoms with Crippen LogP contribution in [0.2, 0.25) is 0 Å². The van der Waals surface area contributed by atoms with Crippen LogP contribution in [0.25, 0.3) is 0 Å². The van der Waals surface area contributed by atoms with E-state index in [2.05, 4.69) is 27.9 Å². The van der Waals surface area contributed by atoms with Crippen molar-refractivity contribution in [3.8, 4) is 0 Å². The second-order valence-corrected chi connectivity index (χ2v) is 3.65. The molecule has 0 spiro atoms. The molecule has 1 amide bonds. The highest BCUT2D eigenvalue weighted by molar-refractivity contribution is 5.93. The number of nitrogens with zero attached hydrogens (tertiary/aromatic N) is 3. The van der Waals surface area contributed by atoms with Gasteiger partial charge in [0, 0.05) is 20.1 Å². The normalized spacial score (nSPS) is 10.4. The monoisotopic (exact) mass is 225 g/mol. The van der Waals surface area contributed by atoms with Crippen LogP contribution in [-0.4, -0.2) is 40.5 Å². The van der Waals surface area contributed by atoms with E-state index in [0.717, 1.165) is 25.2 Å². The Labute approximate surface area is 95.4 Å². The minimum Gasteiger partial charge on any atom is -0.349 e. The topological polar surface area (TPSA) is 71.8 Å². The van der Waals surface area contributed by atoms with Crippen LogP contribution in [0, 0.1) is 6.92 Å². The van der Waals surface area contributed by atoms with Gasteiger partial charge in [-0.25, -0.2) is 0 Å². The quantitative estimate of drug-likeness (QED) is 0.661. The average molecular weight is 225 g/mol. The molecule has 0 radical (unpaired) electrons.